The first kappa shape index (κ1) is 31.2. The van der Waals surface area contributed by atoms with E-state index in [1.165, 1.54) is 0 Å². The number of hydrogen-bond acceptors (Lipinski definition) is 8. The van der Waals surface area contributed by atoms with Gasteiger partial charge in [0.05, 0.1) is 34.7 Å². The van der Waals surface area contributed by atoms with Gasteiger partial charge in [0.2, 0.25) is 0 Å². The molecule has 2 aliphatic heterocycles. The maximum atomic E-state index is 13.7. The van der Waals surface area contributed by atoms with Gasteiger partial charge in [0.25, 0.3) is 0 Å². The largest absolute Gasteiger partial charge is 0.458 e. The number of rotatable bonds is 4. The lowest BCUT2D eigenvalue weighted by atomic mass is 9.73. The third-order valence-corrected chi connectivity index (χ3v) is 11.4. The van der Waals surface area contributed by atoms with Crippen LogP contribution in [0.4, 0.5) is 0 Å². The number of esters is 1. The number of thiazole rings is 1. The van der Waals surface area contributed by atoms with Gasteiger partial charge in [-0.05, 0) is 51.2 Å². The zero-order valence-corrected chi connectivity index (χ0v) is 27.1. The molecule has 9 atom stereocenters. The number of hydrogen-bond donors (Lipinski definition) is 0. The van der Waals surface area contributed by atoms with Crippen molar-refractivity contribution in [3.63, 3.8) is 0 Å². The van der Waals surface area contributed by atoms with Crippen molar-refractivity contribution in [3.05, 3.63) is 21.7 Å². The first-order valence-corrected chi connectivity index (χ1v) is 15.8. The third kappa shape index (κ3) is 7.64. The van der Waals surface area contributed by atoms with E-state index in [0.717, 1.165) is 42.0 Å². The lowest BCUT2D eigenvalue weighted by Crippen LogP contribution is -2.46. The molecule has 9 unspecified atom stereocenters. The van der Waals surface area contributed by atoms with Crippen LogP contribution >= 0.6 is 42.0 Å². The molecule has 208 valence electrons. The van der Waals surface area contributed by atoms with E-state index < -0.39 is 11.5 Å². The van der Waals surface area contributed by atoms with E-state index in [1.54, 1.807) is 11.3 Å². The predicted molar refractivity (Wildman–Crippen MR) is 160 cm³/mol. The van der Waals surface area contributed by atoms with Crippen molar-refractivity contribution in [2.75, 3.05) is 0 Å². The van der Waals surface area contributed by atoms with Gasteiger partial charge in [-0.2, -0.15) is 0 Å². The molecule has 1 aromatic rings. The summed E-state index contributed by atoms with van der Waals surface area (Å²) < 4.78 is 17.7. The van der Waals surface area contributed by atoms with Crippen LogP contribution < -0.4 is 0 Å². The van der Waals surface area contributed by atoms with Crippen molar-refractivity contribution >= 4 is 59.9 Å². The van der Waals surface area contributed by atoms with Crippen LogP contribution in [0.5, 0.6) is 0 Å². The zero-order valence-electron chi connectivity index (χ0n) is 23.1. The van der Waals surface area contributed by atoms with Crippen molar-refractivity contribution in [1.29, 1.82) is 0 Å². The fourth-order valence-corrected chi connectivity index (χ4v) is 8.35. The van der Waals surface area contributed by atoms with Gasteiger partial charge in [0.1, 0.15) is 11.9 Å². The average molecular weight is 588 g/mol. The first-order valence-electron chi connectivity index (χ1n) is 13.0. The molecule has 3 rings (SSSR count). The molecule has 0 saturated carbocycles. The van der Waals surface area contributed by atoms with E-state index in [0.29, 0.717) is 5.25 Å². The molecule has 0 amide bonds. The van der Waals surface area contributed by atoms with E-state index in [4.69, 9.17) is 13.8 Å². The van der Waals surface area contributed by atoms with Gasteiger partial charge in [-0.25, -0.2) is 4.98 Å². The summed E-state index contributed by atoms with van der Waals surface area (Å²) in [5, 5.41) is 3.45. The van der Waals surface area contributed by atoms with Gasteiger partial charge in [-0.15, -0.1) is 23.1 Å². The number of fused-ring (bicyclic) bond motifs is 1. The molecule has 10 heteroatoms. The van der Waals surface area contributed by atoms with Crippen LogP contribution in [0.1, 0.15) is 84.3 Å². The molecule has 2 aliphatic rings. The summed E-state index contributed by atoms with van der Waals surface area (Å²) in [6.07, 6.45) is 4.70. The Morgan fingerprint density at radius 2 is 1.92 bits per heavy atom. The highest BCUT2D eigenvalue weighted by Crippen LogP contribution is 2.59. The number of carbonyl (C=O) groups excluding carboxylic acids is 2. The average Bonchev–Trinajstić information content (AvgIpc) is 3.27. The molecule has 0 aromatic carbocycles. The molecule has 2 saturated heterocycles. The number of ketones is 1. The summed E-state index contributed by atoms with van der Waals surface area (Å²) in [4.78, 5) is 31.5. The summed E-state index contributed by atoms with van der Waals surface area (Å²) in [6, 6.07) is 0. The fraction of sp³-hybridized carbons (Fsp3) is 0.741. The van der Waals surface area contributed by atoms with E-state index in [1.807, 2.05) is 57.8 Å². The van der Waals surface area contributed by atoms with Crippen LogP contribution in [0.15, 0.2) is 11.0 Å². The highest BCUT2D eigenvalue weighted by Gasteiger charge is 2.52. The Kier molecular flexibility index (Phi) is 10.8. The molecule has 0 spiro atoms. The Hall–Kier alpha value is -0.360. The summed E-state index contributed by atoms with van der Waals surface area (Å²) in [5.41, 5.74) is 0.971. The van der Waals surface area contributed by atoms with Crippen molar-refractivity contribution in [1.82, 2.24) is 4.98 Å². The topological polar surface area (TPSA) is 74.7 Å². The highest BCUT2D eigenvalue weighted by molar-refractivity contribution is 8.08. The Bertz CT molecular complexity index is 999. The Morgan fingerprint density at radius 3 is 2.51 bits per heavy atom. The quantitative estimate of drug-likeness (QED) is 0.217. The van der Waals surface area contributed by atoms with E-state index in [-0.39, 0.29) is 47.0 Å². The zero-order chi connectivity index (χ0) is 27.5. The number of carbonyl (C=O) groups is 2. The monoisotopic (exact) mass is 587 g/mol. The fourth-order valence-electron chi connectivity index (χ4n) is 5.51. The first-order chi connectivity index (χ1) is 17.3. The number of cyclic esters (lactones) is 1. The second-order valence-electron chi connectivity index (χ2n) is 11.5. The number of nitrogens with zero attached hydrogens (tertiary/aromatic N) is 1. The van der Waals surface area contributed by atoms with Crippen molar-refractivity contribution in [2.24, 2.45) is 17.3 Å². The molecule has 2 fully saturated rings. The molecule has 37 heavy (non-hydrogen) atoms. The van der Waals surface area contributed by atoms with Crippen molar-refractivity contribution in [3.8, 4) is 0 Å². The molecular weight excluding hydrogens is 544 g/mol. The number of aryl methyl sites for hydroxylation is 1. The number of Topliss-reactive ketones (excluding diaryl/α,β-unsaturated/α-hetero) is 1. The Morgan fingerprint density at radius 1 is 1.22 bits per heavy atom. The van der Waals surface area contributed by atoms with Gasteiger partial charge >= 0.3 is 5.97 Å². The van der Waals surface area contributed by atoms with Crippen molar-refractivity contribution < 1.29 is 23.4 Å². The van der Waals surface area contributed by atoms with Crippen LogP contribution in [0, 0.1) is 24.2 Å². The van der Waals surface area contributed by atoms with Gasteiger partial charge in [0, 0.05) is 46.6 Å². The molecule has 0 radical (unpaired) electrons. The summed E-state index contributed by atoms with van der Waals surface area (Å²) in [7, 11) is 4.60. The minimum Gasteiger partial charge on any atom is -0.458 e. The molecular formula is C27H43NO5P2S2. The minimum atomic E-state index is -0.901. The second kappa shape index (κ2) is 12.9. The standard InChI is InChI=1S/C27H43NO5P2S2/c1-15-9-8-10-27(7)22(37-27)12-20(16(2)11-19-14-36-18(4)28-19)31-23(29)13-21(32-34)26(5,6)25(30)17(3)24(15)33-35/h11,14-15,17,20-22,24H,8-10,12-13,34-35H2,1-7H3/b16-11+. The normalized spacial score (nSPS) is 36.1. The predicted octanol–water partition coefficient (Wildman–Crippen LogP) is 6.82. The Balaban J connectivity index is 1.90. The van der Waals surface area contributed by atoms with Crippen LogP contribution in [0.2, 0.25) is 0 Å². The molecule has 1 aromatic heterocycles. The molecule has 0 aliphatic carbocycles. The number of ether oxygens (including phenoxy) is 1. The highest BCUT2D eigenvalue weighted by atomic mass is 32.2. The van der Waals surface area contributed by atoms with Gasteiger partial charge in [-0.3, -0.25) is 9.59 Å². The summed E-state index contributed by atoms with van der Waals surface area (Å²) in [6.45, 7) is 14.1. The van der Waals surface area contributed by atoms with Gasteiger partial charge in [0.15, 0.2) is 0 Å². The van der Waals surface area contributed by atoms with Crippen LogP contribution in [-0.2, 0) is 23.4 Å². The van der Waals surface area contributed by atoms with Gasteiger partial charge in [-0.1, -0.05) is 34.1 Å². The van der Waals surface area contributed by atoms with E-state index in [9.17, 15) is 9.59 Å². The third-order valence-electron chi connectivity index (χ3n) is 8.17. The number of aromatic nitrogens is 1. The second-order valence-corrected chi connectivity index (χ2v) is 14.8. The molecule has 0 N–H and O–H groups in total. The summed E-state index contributed by atoms with van der Waals surface area (Å²) in [5.74, 6) is -0.451. The smallest absolute Gasteiger partial charge is 0.309 e. The van der Waals surface area contributed by atoms with Crippen LogP contribution in [-0.4, -0.2) is 45.0 Å². The van der Waals surface area contributed by atoms with Gasteiger partial charge < -0.3 is 13.8 Å². The minimum absolute atomic E-state index is 0.00835. The van der Waals surface area contributed by atoms with Crippen LogP contribution in [0.25, 0.3) is 6.08 Å². The van der Waals surface area contributed by atoms with Crippen molar-refractivity contribution in [2.45, 2.75) is 109 Å². The lowest BCUT2D eigenvalue weighted by molar-refractivity contribution is -0.152. The maximum Gasteiger partial charge on any atom is 0.309 e. The maximum absolute atomic E-state index is 13.7. The SMILES string of the molecule is C/C(=C\c1csc(C)n1)C1CC2SC2(C)CCCC(C)C(OP)C(C)C(=O)C(C)(C)C(OP)CC(=O)O1. The van der Waals surface area contributed by atoms with Crippen LogP contribution in [0.3, 0.4) is 0 Å². The Labute approximate surface area is 235 Å². The summed E-state index contributed by atoms with van der Waals surface area (Å²) >= 11 is 3.58. The lowest BCUT2D eigenvalue weighted by Gasteiger charge is -2.37. The number of thioether (sulfide) groups is 1. The molecule has 6 nitrogen and oxygen atoms in total. The van der Waals surface area contributed by atoms with E-state index in [2.05, 4.69) is 37.8 Å². The van der Waals surface area contributed by atoms with E-state index >= 15 is 0 Å². The molecule has 3 heterocycles. The molecule has 0 bridgehead atoms.